The SMILES string of the molecule is Cc1ccc(-n2cccc2)nc1.Cc1ccc(SC#N)cc1. The maximum Gasteiger partial charge on any atom is 0.138 e. The summed E-state index contributed by atoms with van der Waals surface area (Å²) in [6.07, 6.45) is 5.84. The molecule has 0 N–H and O–H groups in total. The molecule has 22 heavy (non-hydrogen) atoms. The zero-order chi connectivity index (χ0) is 15.8. The molecule has 0 aliphatic carbocycles. The Labute approximate surface area is 135 Å². The van der Waals surface area contributed by atoms with Crippen LogP contribution in [-0.4, -0.2) is 9.55 Å². The smallest absolute Gasteiger partial charge is 0.138 e. The molecule has 3 nitrogen and oxygen atoms in total. The first-order chi connectivity index (χ1) is 10.7. The maximum absolute atomic E-state index is 8.30. The third-order valence-electron chi connectivity index (χ3n) is 2.95. The van der Waals surface area contributed by atoms with Crippen molar-refractivity contribution in [3.05, 3.63) is 78.2 Å². The molecule has 0 saturated heterocycles. The summed E-state index contributed by atoms with van der Waals surface area (Å²) >= 11 is 1.19. The zero-order valence-corrected chi connectivity index (χ0v) is 13.4. The molecule has 0 spiro atoms. The fraction of sp³-hybridized carbons (Fsp3) is 0.111. The monoisotopic (exact) mass is 307 g/mol. The van der Waals surface area contributed by atoms with E-state index in [9.17, 15) is 0 Å². The van der Waals surface area contributed by atoms with Crippen molar-refractivity contribution in [2.75, 3.05) is 0 Å². The van der Waals surface area contributed by atoms with Crippen molar-refractivity contribution in [1.29, 1.82) is 5.26 Å². The molecule has 0 unspecified atom stereocenters. The van der Waals surface area contributed by atoms with E-state index in [0.717, 1.165) is 10.7 Å². The van der Waals surface area contributed by atoms with Gasteiger partial charge in [0.05, 0.1) is 0 Å². The first-order valence-corrected chi connectivity index (χ1v) is 7.69. The minimum Gasteiger partial charge on any atom is -0.309 e. The van der Waals surface area contributed by atoms with E-state index in [1.165, 1.54) is 22.9 Å². The Balaban J connectivity index is 0.000000164. The average molecular weight is 307 g/mol. The van der Waals surface area contributed by atoms with Gasteiger partial charge in [-0.2, -0.15) is 5.26 Å². The van der Waals surface area contributed by atoms with Crippen molar-refractivity contribution in [2.45, 2.75) is 18.7 Å². The maximum atomic E-state index is 8.30. The molecule has 0 atom stereocenters. The summed E-state index contributed by atoms with van der Waals surface area (Å²) < 4.78 is 1.99. The lowest BCUT2D eigenvalue weighted by molar-refractivity contribution is 1.00. The minimum absolute atomic E-state index is 0.964. The van der Waals surface area contributed by atoms with Gasteiger partial charge in [0.25, 0.3) is 0 Å². The summed E-state index contributed by atoms with van der Waals surface area (Å²) in [5, 5.41) is 10.3. The summed E-state index contributed by atoms with van der Waals surface area (Å²) in [6, 6.07) is 15.9. The van der Waals surface area contributed by atoms with Crippen LogP contribution in [0.3, 0.4) is 0 Å². The highest BCUT2D eigenvalue weighted by atomic mass is 32.2. The normalized spacial score (nSPS) is 9.50. The van der Waals surface area contributed by atoms with Crippen molar-refractivity contribution in [1.82, 2.24) is 9.55 Å². The van der Waals surface area contributed by atoms with Crippen molar-refractivity contribution >= 4 is 11.8 Å². The molecular formula is C18H17N3S. The summed E-state index contributed by atoms with van der Waals surface area (Å²) in [5.74, 6) is 0.964. The van der Waals surface area contributed by atoms with Crippen molar-refractivity contribution < 1.29 is 0 Å². The van der Waals surface area contributed by atoms with Crippen LogP contribution in [0.2, 0.25) is 0 Å². The molecular weight excluding hydrogens is 290 g/mol. The van der Waals surface area contributed by atoms with Gasteiger partial charge in [-0.1, -0.05) is 23.8 Å². The fourth-order valence-corrected chi connectivity index (χ4v) is 2.14. The van der Waals surface area contributed by atoms with Gasteiger partial charge in [-0.15, -0.1) is 0 Å². The van der Waals surface area contributed by atoms with E-state index in [1.807, 2.05) is 84.9 Å². The van der Waals surface area contributed by atoms with Gasteiger partial charge in [-0.05, 0) is 61.5 Å². The van der Waals surface area contributed by atoms with E-state index in [1.54, 1.807) is 0 Å². The summed E-state index contributed by atoms with van der Waals surface area (Å²) in [7, 11) is 0. The second-order valence-electron chi connectivity index (χ2n) is 4.79. The highest BCUT2D eigenvalue weighted by Crippen LogP contribution is 2.15. The Morgan fingerprint density at radius 3 is 2.14 bits per heavy atom. The third kappa shape index (κ3) is 4.80. The molecule has 0 amide bonds. The first kappa shape index (κ1) is 15.9. The summed E-state index contributed by atoms with van der Waals surface area (Å²) in [6.45, 7) is 4.06. The van der Waals surface area contributed by atoms with Crippen LogP contribution < -0.4 is 0 Å². The Morgan fingerprint density at radius 1 is 0.955 bits per heavy atom. The van der Waals surface area contributed by atoms with Gasteiger partial charge in [-0.3, -0.25) is 0 Å². The molecule has 4 heteroatoms. The van der Waals surface area contributed by atoms with Gasteiger partial charge in [0.2, 0.25) is 0 Å². The molecule has 1 aromatic carbocycles. The van der Waals surface area contributed by atoms with E-state index in [-0.39, 0.29) is 0 Å². The molecule has 0 aliphatic rings. The van der Waals surface area contributed by atoms with Gasteiger partial charge < -0.3 is 4.57 Å². The molecule has 0 bridgehead atoms. The standard InChI is InChI=1S/C10H10N2.C8H7NS/c1-9-4-5-10(11-8-9)12-6-2-3-7-12;1-7-2-4-8(5-3-7)10-6-9/h2-8H,1H3;2-5H,1H3. The molecule has 3 rings (SSSR count). The van der Waals surface area contributed by atoms with Crippen LogP contribution in [0.25, 0.3) is 5.82 Å². The molecule has 2 aromatic heterocycles. The predicted octanol–water partition coefficient (Wildman–Crippen LogP) is 4.75. The summed E-state index contributed by atoms with van der Waals surface area (Å²) in [5.41, 5.74) is 2.41. The molecule has 0 aliphatic heterocycles. The van der Waals surface area contributed by atoms with Gasteiger partial charge in [0, 0.05) is 23.5 Å². The van der Waals surface area contributed by atoms with Crippen LogP contribution in [0.4, 0.5) is 0 Å². The number of aryl methyl sites for hydroxylation is 2. The second-order valence-corrected chi connectivity index (χ2v) is 5.65. The molecule has 0 fully saturated rings. The second kappa shape index (κ2) is 8.06. The van der Waals surface area contributed by atoms with Crippen molar-refractivity contribution in [3.63, 3.8) is 0 Å². The number of nitriles is 1. The quantitative estimate of drug-likeness (QED) is 0.507. The van der Waals surface area contributed by atoms with Gasteiger partial charge >= 0.3 is 0 Å². The lowest BCUT2D eigenvalue weighted by Crippen LogP contribution is -1.92. The third-order valence-corrected chi connectivity index (χ3v) is 3.55. The molecule has 110 valence electrons. The van der Waals surface area contributed by atoms with Crippen molar-refractivity contribution in [2.24, 2.45) is 0 Å². The van der Waals surface area contributed by atoms with Gasteiger partial charge in [0.1, 0.15) is 11.2 Å². The largest absolute Gasteiger partial charge is 0.309 e. The van der Waals surface area contributed by atoms with E-state index < -0.39 is 0 Å². The van der Waals surface area contributed by atoms with E-state index in [4.69, 9.17) is 5.26 Å². The topological polar surface area (TPSA) is 41.6 Å². The van der Waals surface area contributed by atoms with Crippen LogP contribution in [0.15, 0.2) is 72.0 Å². The Kier molecular flexibility index (Phi) is 5.81. The molecule has 0 radical (unpaired) electrons. The Bertz CT molecular complexity index is 724. The van der Waals surface area contributed by atoms with Crippen LogP contribution in [0.1, 0.15) is 11.1 Å². The lowest BCUT2D eigenvalue weighted by Gasteiger charge is -2.00. The number of hydrogen-bond acceptors (Lipinski definition) is 3. The highest BCUT2D eigenvalue weighted by molar-refractivity contribution is 8.03. The molecule has 3 aromatic rings. The first-order valence-electron chi connectivity index (χ1n) is 6.87. The van der Waals surface area contributed by atoms with Crippen LogP contribution in [0, 0.1) is 24.5 Å². The summed E-state index contributed by atoms with van der Waals surface area (Å²) in [4.78, 5) is 5.29. The van der Waals surface area contributed by atoms with Gasteiger partial charge in [-0.25, -0.2) is 4.98 Å². The Hall–Kier alpha value is -2.51. The van der Waals surface area contributed by atoms with Crippen LogP contribution in [0.5, 0.6) is 0 Å². The zero-order valence-electron chi connectivity index (χ0n) is 12.6. The number of pyridine rings is 1. The average Bonchev–Trinajstić information content (AvgIpc) is 3.06. The van der Waals surface area contributed by atoms with Crippen LogP contribution >= 0.6 is 11.8 Å². The number of thioether (sulfide) groups is 1. The van der Waals surface area contributed by atoms with E-state index in [0.29, 0.717) is 0 Å². The number of nitrogens with zero attached hydrogens (tertiary/aromatic N) is 3. The minimum atomic E-state index is 0.964. The van der Waals surface area contributed by atoms with Crippen molar-refractivity contribution in [3.8, 4) is 11.2 Å². The van der Waals surface area contributed by atoms with E-state index in [2.05, 4.69) is 11.1 Å². The number of hydrogen-bond donors (Lipinski definition) is 0. The number of rotatable bonds is 2. The Morgan fingerprint density at radius 2 is 1.59 bits per heavy atom. The number of benzene rings is 1. The molecule has 0 saturated carbocycles. The van der Waals surface area contributed by atoms with E-state index >= 15 is 0 Å². The predicted molar refractivity (Wildman–Crippen MR) is 91.0 cm³/mol. The number of thiocyanates is 1. The highest BCUT2D eigenvalue weighted by Gasteiger charge is 1.93. The van der Waals surface area contributed by atoms with Crippen LogP contribution in [-0.2, 0) is 0 Å². The van der Waals surface area contributed by atoms with Gasteiger partial charge in [0.15, 0.2) is 0 Å². The molecule has 2 heterocycles. The number of aromatic nitrogens is 2. The lowest BCUT2D eigenvalue weighted by atomic mass is 10.2. The fourth-order valence-electron chi connectivity index (χ4n) is 1.76.